The Hall–Kier alpha value is -1.66. The Balaban J connectivity index is 2.49. The van der Waals surface area contributed by atoms with Crippen molar-refractivity contribution in [2.24, 2.45) is 0 Å². The van der Waals surface area contributed by atoms with Gasteiger partial charge in [-0.05, 0) is 23.8 Å². The summed E-state index contributed by atoms with van der Waals surface area (Å²) in [6.45, 7) is 0. The second-order valence-electron chi connectivity index (χ2n) is 3.78. The summed E-state index contributed by atoms with van der Waals surface area (Å²) in [7, 11) is -4.09. The molecule has 1 unspecified atom stereocenters. The van der Waals surface area contributed by atoms with E-state index in [0.29, 0.717) is 0 Å². The molecule has 19 heavy (non-hydrogen) atoms. The van der Waals surface area contributed by atoms with E-state index in [-0.39, 0.29) is 10.3 Å². The fourth-order valence-electron chi connectivity index (χ4n) is 1.57. The third-order valence-electron chi connectivity index (χ3n) is 2.46. The van der Waals surface area contributed by atoms with E-state index in [2.05, 4.69) is 0 Å². The normalized spacial score (nSPS) is 13.2. The molecule has 0 bridgehead atoms. The van der Waals surface area contributed by atoms with Crippen molar-refractivity contribution in [2.75, 3.05) is 0 Å². The molecule has 0 spiro atoms. The maximum Gasteiger partial charge on any atom is 0.310 e. The number of nitrogens with zero attached hydrogens (tertiary/aromatic N) is 1. The van der Waals surface area contributed by atoms with Crippen molar-refractivity contribution in [1.82, 2.24) is 0 Å². The summed E-state index contributed by atoms with van der Waals surface area (Å²) >= 11 is 5.87. The van der Waals surface area contributed by atoms with Crippen LogP contribution in [0.1, 0.15) is 10.3 Å². The second-order valence-corrected chi connectivity index (χ2v) is 6.46. The zero-order valence-electron chi connectivity index (χ0n) is 9.53. The highest BCUT2D eigenvalue weighted by molar-refractivity contribution is 7.92. The number of pyridine rings is 1. The lowest BCUT2D eigenvalue weighted by atomic mass is 10.2. The predicted octanol–water partition coefficient (Wildman–Crippen LogP) is 2.17. The van der Waals surface area contributed by atoms with Gasteiger partial charge >= 0.3 is 5.03 Å². The smallest absolute Gasteiger partial charge is 0.310 e. The molecule has 1 aromatic heterocycles. The van der Waals surface area contributed by atoms with Gasteiger partial charge in [-0.15, -0.1) is 0 Å². The summed E-state index contributed by atoms with van der Waals surface area (Å²) in [6.07, 6.45) is 1.06. The molecule has 0 aliphatic carbocycles. The van der Waals surface area contributed by atoms with E-state index in [4.69, 9.17) is 11.6 Å². The minimum Gasteiger partial charge on any atom is -0.618 e. The van der Waals surface area contributed by atoms with Crippen LogP contribution in [-0.2, 0) is 9.84 Å². The van der Waals surface area contributed by atoms with Crippen LogP contribution < -0.4 is 4.73 Å². The summed E-state index contributed by atoms with van der Waals surface area (Å²) in [4.78, 5) is 0. The van der Waals surface area contributed by atoms with E-state index < -0.39 is 25.4 Å². The third-order valence-corrected chi connectivity index (χ3v) is 5.14. The van der Waals surface area contributed by atoms with Gasteiger partial charge in [0.25, 0.3) is 9.84 Å². The Morgan fingerprint density at radius 2 is 1.95 bits per heavy atom. The van der Waals surface area contributed by atoms with Crippen LogP contribution in [0.4, 0.5) is 4.39 Å². The van der Waals surface area contributed by atoms with Crippen molar-refractivity contribution in [3.05, 3.63) is 65.2 Å². The van der Waals surface area contributed by atoms with Gasteiger partial charge in [-0.2, -0.15) is 4.73 Å². The van der Waals surface area contributed by atoms with Gasteiger partial charge in [0.2, 0.25) is 0 Å². The molecular formula is C12H9ClFNO3S. The van der Waals surface area contributed by atoms with Gasteiger partial charge in [0, 0.05) is 12.1 Å². The van der Waals surface area contributed by atoms with Crippen molar-refractivity contribution >= 4 is 21.4 Å². The molecule has 100 valence electrons. The van der Waals surface area contributed by atoms with E-state index in [1.807, 2.05) is 0 Å². The van der Waals surface area contributed by atoms with Crippen LogP contribution in [0.15, 0.2) is 53.7 Å². The summed E-state index contributed by atoms with van der Waals surface area (Å²) in [5.41, 5.74) is 0.0746. The first-order chi connectivity index (χ1) is 8.93. The van der Waals surface area contributed by atoms with E-state index in [1.54, 1.807) is 0 Å². The minimum atomic E-state index is -4.09. The van der Waals surface area contributed by atoms with Crippen molar-refractivity contribution in [3.63, 3.8) is 0 Å². The standard InChI is InChI=1S/C12H9ClFNO3S/c13-12(9-4-3-5-10(14)8-9)19(17,18)11-6-1-2-7-15(11)16/h1-8,12H. The van der Waals surface area contributed by atoms with Crippen LogP contribution in [-0.4, -0.2) is 8.42 Å². The van der Waals surface area contributed by atoms with Crippen LogP contribution in [0, 0.1) is 11.0 Å². The van der Waals surface area contributed by atoms with Crippen LogP contribution in [0.5, 0.6) is 0 Å². The highest BCUT2D eigenvalue weighted by Gasteiger charge is 2.33. The van der Waals surface area contributed by atoms with Gasteiger partial charge in [0.1, 0.15) is 5.82 Å². The third kappa shape index (κ3) is 2.69. The molecule has 1 atom stereocenters. The maximum atomic E-state index is 13.1. The van der Waals surface area contributed by atoms with Crippen molar-refractivity contribution in [1.29, 1.82) is 0 Å². The first-order valence-corrected chi connectivity index (χ1v) is 7.23. The van der Waals surface area contributed by atoms with Gasteiger partial charge in [-0.3, -0.25) is 0 Å². The quantitative estimate of drug-likeness (QED) is 0.496. The SMILES string of the molecule is O=S(=O)(c1cccc[n+]1[O-])C(Cl)c1cccc(F)c1. The fourth-order valence-corrected chi connectivity index (χ4v) is 3.27. The molecule has 1 aromatic carbocycles. The van der Waals surface area contributed by atoms with Crippen molar-refractivity contribution in [3.8, 4) is 0 Å². The average Bonchev–Trinajstić information content (AvgIpc) is 2.38. The lowest BCUT2D eigenvalue weighted by Crippen LogP contribution is -2.34. The lowest BCUT2D eigenvalue weighted by Gasteiger charge is -2.11. The number of halogens is 2. The predicted molar refractivity (Wildman–Crippen MR) is 67.6 cm³/mol. The molecule has 2 aromatic rings. The van der Waals surface area contributed by atoms with Gasteiger partial charge in [0.15, 0.2) is 10.9 Å². The average molecular weight is 302 g/mol. The Kier molecular flexibility index (Phi) is 3.73. The van der Waals surface area contributed by atoms with Crippen LogP contribution in [0.2, 0.25) is 0 Å². The molecule has 0 saturated heterocycles. The zero-order chi connectivity index (χ0) is 14.0. The highest BCUT2D eigenvalue weighted by Crippen LogP contribution is 2.31. The highest BCUT2D eigenvalue weighted by atomic mass is 35.5. The Morgan fingerprint density at radius 1 is 1.21 bits per heavy atom. The molecule has 1 heterocycles. The molecule has 0 fully saturated rings. The lowest BCUT2D eigenvalue weighted by molar-refractivity contribution is -0.646. The molecule has 0 aliphatic heterocycles. The first kappa shape index (κ1) is 13.8. The van der Waals surface area contributed by atoms with Crippen LogP contribution in [0.25, 0.3) is 0 Å². The van der Waals surface area contributed by atoms with Crippen molar-refractivity contribution < 1.29 is 17.5 Å². The number of aromatic nitrogens is 1. The first-order valence-electron chi connectivity index (χ1n) is 5.24. The van der Waals surface area contributed by atoms with E-state index in [9.17, 15) is 18.0 Å². The van der Waals surface area contributed by atoms with Crippen LogP contribution >= 0.6 is 11.6 Å². The van der Waals surface area contributed by atoms with E-state index in [1.165, 1.54) is 30.3 Å². The molecule has 0 N–H and O–H groups in total. The van der Waals surface area contributed by atoms with Crippen molar-refractivity contribution in [2.45, 2.75) is 9.74 Å². The monoisotopic (exact) mass is 301 g/mol. The topological polar surface area (TPSA) is 61.1 Å². The van der Waals surface area contributed by atoms with Crippen LogP contribution in [0.3, 0.4) is 0 Å². The van der Waals surface area contributed by atoms with Gasteiger partial charge in [-0.1, -0.05) is 23.7 Å². The Bertz CT molecular complexity index is 706. The molecule has 7 heteroatoms. The summed E-state index contributed by atoms with van der Waals surface area (Å²) in [6, 6.07) is 8.90. The second kappa shape index (κ2) is 5.14. The van der Waals surface area contributed by atoms with Gasteiger partial charge in [0.05, 0.1) is 0 Å². The summed E-state index contributed by atoms with van der Waals surface area (Å²) in [5.74, 6) is -0.596. The number of sulfone groups is 1. The zero-order valence-corrected chi connectivity index (χ0v) is 11.1. The largest absolute Gasteiger partial charge is 0.618 e. The number of hydrogen-bond acceptors (Lipinski definition) is 3. The van der Waals surface area contributed by atoms with E-state index in [0.717, 1.165) is 18.3 Å². The molecule has 4 nitrogen and oxygen atoms in total. The molecule has 0 amide bonds. The molecular weight excluding hydrogens is 293 g/mol. The number of benzene rings is 1. The van der Waals surface area contributed by atoms with Gasteiger partial charge < -0.3 is 5.21 Å². The Labute approximate surface area is 114 Å². The minimum absolute atomic E-state index is 0.0746. The van der Waals surface area contributed by atoms with Gasteiger partial charge in [-0.25, -0.2) is 12.8 Å². The fraction of sp³-hybridized carbons (Fsp3) is 0.0833. The number of rotatable bonds is 3. The molecule has 0 saturated carbocycles. The Morgan fingerprint density at radius 3 is 2.58 bits per heavy atom. The number of alkyl halides is 1. The molecule has 2 rings (SSSR count). The summed E-state index contributed by atoms with van der Waals surface area (Å²) < 4.78 is 36.1. The molecule has 0 aliphatic rings. The summed E-state index contributed by atoms with van der Waals surface area (Å²) in [5, 5.41) is 11.0. The molecule has 0 radical (unpaired) electrons. The maximum absolute atomic E-state index is 13.1. The number of hydrogen-bond donors (Lipinski definition) is 0. The van der Waals surface area contributed by atoms with E-state index >= 15 is 0 Å².